The first-order chi connectivity index (χ1) is 5.54. The van der Waals surface area contributed by atoms with E-state index in [-0.39, 0.29) is 12.1 Å². The minimum absolute atomic E-state index is 0.317. The zero-order valence-corrected chi connectivity index (χ0v) is 7.62. The molecule has 1 heterocycles. The van der Waals surface area contributed by atoms with Gasteiger partial charge in [-0.15, -0.1) is 0 Å². The van der Waals surface area contributed by atoms with Crippen molar-refractivity contribution in [3.05, 3.63) is 0 Å². The third-order valence-corrected chi connectivity index (χ3v) is 1.94. The quantitative estimate of drug-likeness (QED) is 0.578. The summed E-state index contributed by atoms with van der Waals surface area (Å²) in [7, 11) is 0. The van der Waals surface area contributed by atoms with Gasteiger partial charge in [-0.2, -0.15) is 0 Å². The van der Waals surface area contributed by atoms with Gasteiger partial charge in [0.2, 0.25) is 5.79 Å². The number of carbonyl (C=O) groups is 1. The van der Waals surface area contributed by atoms with Gasteiger partial charge in [-0.25, -0.2) is 0 Å². The van der Waals surface area contributed by atoms with E-state index in [1.165, 1.54) is 6.92 Å². The molecule has 0 aromatic rings. The minimum Gasteiger partial charge on any atom is -0.457 e. The molecule has 0 saturated carbocycles. The summed E-state index contributed by atoms with van der Waals surface area (Å²) in [6.45, 7) is 6.01. The standard InChI is InChI=1S/C8H14O4/c1-6(12-7(2)9)8(3)10-4-5-11-8/h6H,4-5H2,1-3H3. The number of ether oxygens (including phenoxy) is 3. The van der Waals surface area contributed by atoms with Crippen LogP contribution in [0.1, 0.15) is 20.8 Å². The number of esters is 1. The number of hydrogen-bond donors (Lipinski definition) is 0. The van der Waals surface area contributed by atoms with Crippen LogP contribution in [-0.2, 0) is 19.0 Å². The van der Waals surface area contributed by atoms with Crippen molar-refractivity contribution in [3.8, 4) is 0 Å². The van der Waals surface area contributed by atoms with E-state index >= 15 is 0 Å². The van der Waals surface area contributed by atoms with Gasteiger partial charge < -0.3 is 14.2 Å². The molecule has 1 fully saturated rings. The molecule has 1 aliphatic rings. The van der Waals surface area contributed by atoms with Crippen LogP contribution < -0.4 is 0 Å². The highest BCUT2D eigenvalue weighted by Crippen LogP contribution is 2.24. The molecular formula is C8H14O4. The lowest BCUT2D eigenvalue weighted by molar-refractivity contribution is -0.216. The van der Waals surface area contributed by atoms with Crippen LogP contribution in [0.5, 0.6) is 0 Å². The average Bonchev–Trinajstić information content (AvgIpc) is 2.36. The van der Waals surface area contributed by atoms with Crippen molar-refractivity contribution in [1.82, 2.24) is 0 Å². The van der Waals surface area contributed by atoms with Gasteiger partial charge in [0.15, 0.2) is 6.10 Å². The lowest BCUT2D eigenvalue weighted by Crippen LogP contribution is -2.41. The van der Waals surface area contributed by atoms with Crippen LogP contribution in [-0.4, -0.2) is 31.1 Å². The Morgan fingerprint density at radius 3 is 2.42 bits per heavy atom. The summed E-state index contributed by atoms with van der Waals surface area (Å²) in [5, 5.41) is 0. The molecule has 0 bridgehead atoms. The molecular weight excluding hydrogens is 160 g/mol. The van der Waals surface area contributed by atoms with E-state index in [9.17, 15) is 4.79 Å². The van der Waals surface area contributed by atoms with E-state index in [4.69, 9.17) is 14.2 Å². The maximum Gasteiger partial charge on any atom is 0.303 e. The Morgan fingerprint density at radius 2 is 2.00 bits per heavy atom. The van der Waals surface area contributed by atoms with E-state index in [1.54, 1.807) is 13.8 Å². The molecule has 1 atom stereocenters. The van der Waals surface area contributed by atoms with Crippen LogP contribution in [0.3, 0.4) is 0 Å². The zero-order chi connectivity index (χ0) is 9.19. The molecule has 0 radical (unpaired) electrons. The van der Waals surface area contributed by atoms with Crippen LogP contribution in [0.2, 0.25) is 0 Å². The Bertz CT molecular complexity index is 172. The summed E-state index contributed by atoms with van der Waals surface area (Å²) >= 11 is 0. The Balaban J connectivity index is 2.49. The second-order valence-corrected chi connectivity index (χ2v) is 2.96. The van der Waals surface area contributed by atoms with Crippen LogP contribution in [0.25, 0.3) is 0 Å². The molecule has 12 heavy (non-hydrogen) atoms. The van der Waals surface area contributed by atoms with Crippen LogP contribution in [0.15, 0.2) is 0 Å². The van der Waals surface area contributed by atoms with Crippen LogP contribution in [0, 0.1) is 0 Å². The van der Waals surface area contributed by atoms with Crippen LogP contribution in [0.4, 0.5) is 0 Å². The third kappa shape index (κ3) is 1.95. The van der Waals surface area contributed by atoms with Gasteiger partial charge in [0.05, 0.1) is 13.2 Å². The topological polar surface area (TPSA) is 44.8 Å². The molecule has 0 spiro atoms. The van der Waals surface area contributed by atoms with Gasteiger partial charge in [0.25, 0.3) is 0 Å². The monoisotopic (exact) mass is 174 g/mol. The minimum atomic E-state index is -0.758. The second kappa shape index (κ2) is 3.41. The van der Waals surface area contributed by atoms with Crippen molar-refractivity contribution >= 4 is 5.97 Å². The van der Waals surface area contributed by atoms with E-state index in [0.29, 0.717) is 13.2 Å². The largest absolute Gasteiger partial charge is 0.457 e. The van der Waals surface area contributed by atoms with E-state index in [2.05, 4.69) is 0 Å². The summed E-state index contributed by atoms with van der Waals surface area (Å²) in [6, 6.07) is 0. The fourth-order valence-electron chi connectivity index (χ4n) is 1.12. The SMILES string of the molecule is CC(=O)OC(C)C1(C)OCCO1. The van der Waals surface area contributed by atoms with Crippen LogP contribution >= 0.6 is 0 Å². The second-order valence-electron chi connectivity index (χ2n) is 2.96. The molecule has 0 N–H and O–H groups in total. The average molecular weight is 174 g/mol. The molecule has 1 unspecified atom stereocenters. The Hall–Kier alpha value is -0.610. The maximum atomic E-state index is 10.6. The Kier molecular flexibility index (Phi) is 2.69. The van der Waals surface area contributed by atoms with Crippen molar-refractivity contribution in [2.45, 2.75) is 32.7 Å². The first kappa shape index (κ1) is 9.48. The van der Waals surface area contributed by atoms with Crippen molar-refractivity contribution < 1.29 is 19.0 Å². The smallest absolute Gasteiger partial charge is 0.303 e. The zero-order valence-electron chi connectivity index (χ0n) is 7.62. The first-order valence-corrected chi connectivity index (χ1v) is 4.00. The molecule has 0 aromatic heterocycles. The Labute approximate surface area is 71.8 Å². The molecule has 70 valence electrons. The van der Waals surface area contributed by atoms with Gasteiger partial charge in [-0.1, -0.05) is 0 Å². The number of rotatable bonds is 2. The van der Waals surface area contributed by atoms with Gasteiger partial charge in [0.1, 0.15) is 0 Å². The van der Waals surface area contributed by atoms with Gasteiger partial charge >= 0.3 is 5.97 Å². The molecule has 1 aliphatic heterocycles. The molecule has 4 nitrogen and oxygen atoms in total. The first-order valence-electron chi connectivity index (χ1n) is 4.00. The summed E-state index contributed by atoms with van der Waals surface area (Å²) in [6.07, 6.45) is -0.363. The fraction of sp³-hybridized carbons (Fsp3) is 0.875. The summed E-state index contributed by atoms with van der Waals surface area (Å²) in [4.78, 5) is 10.6. The summed E-state index contributed by atoms with van der Waals surface area (Å²) < 4.78 is 15.6. The maximum absolute atomic E-state index is 10.6. The highest BCUT2D eigenvalue weighted by Gasteiger charge is 2.39. The van der Waals surface area contributed by atoms with E-state index in [1.807, 2.05) is 0 Å². The number of carbonyl (C=O) groups excluding carboxylic acids is 1. The molecule has 1 saturated heterocycles. The molecule has 0 aliphatic carbocycles. The lowest BCUT2D eigenvalue weighted by atomic mass is 10.2. The van der Waals surface area contributed by atoms with Crippen molar-refractivity contribution in [3.63, 3.8) is 0 Å². The van der Waals surface area contributed by atoms with Crippen molar-refractivity contribution in [1.29, 1.82) is 0 Å². The van der Waals surface area contributed by atoms with Gasteiger partial charge in [-0.3, -0.25) is 4.79 Å². The predicted molar refractivity (Wildman–Crippen MR) is 41.5 cm³/mol. The molecule has 1 rings (SSSR count). The molecule has 4 heteroatoms. The van der Waals surface area contributed by atoms with Crippen molar-refractivity contribution in [2.75, 3.05) is 13.2 Å². The number of hydrogen-bond acceptors (Lipinski definition) is 4. The Morgan fingerprint density at radius 1 is 1.50 bits per heavy atom. The third-order valence-electron chi connectivity index (χ3n) is 1.94. The molecule has 0 amide bonds. The fourth-order valence-corrected chi connectivity index (χ4v) is 1.12. The van der Waals surface area contributed by atoms with Gasteiger partial charge in [-0.05, 0) is 13.8 Å². The summed E-state index contributed by atoms with van der Waals surface area (Å²) in [5.74, 6) is -1.08. The highest BCUT2D eigenvalue weighted by atomic mass is 16.8. The van der Waals surface area contributed by atoms with Gasteiger partial charge in [0, 0.05) is 6.92 Å². The summed E-state index contributed by atoms with van der Waals surface area (Å²) in [5.41, 5.74) is 0. The highest BCUT2D eigenvalue weighted by molar-refractivity contribution is 5.66. The molecule has 0 aromatic carbocycles. The van der Waals surface area contributed by atoms with E-state index < -0.39 is 5.79 Å². The van der Waals surface area contributed by atoms with Crippen molar-refractivity contribution in [2.24, 2.45) is 0 Å². The normalized spacial score (nSPS) is 23.6. The van der Waals surface area contributed by atoms with E-state index in [0.717, 1.165) is 0 Å². The lowest BCUT2D eigenvalue weighted by Gasteiger charge is -2.28. The predicted octanol–water partition coefficient (Wildman–Crippen LogP) is 0.701.